The summed E-state index contributed by atoms with van der Waals surface area (Å²) in [4.78, 5) is 17.8. The van der Waals surface area contributed by atoms with Crippen LogP contribution in [-0.2, 0) is 16.0 Å². The molecule has 0 aromatic carbocycles. The number of rotatable bonds is 8. The SMILES string of the molecule is CCOC(=O)Cc1csc(NCCCN(C)C)n1. The van der Waals surface area contributed by atoms with Crippen molar-refractivity contribution in [3.05, 3.63) is 11.1 Å². The highest BCUT2D eigenvalue weighted by atomic mass is 32.1. The number of nitrogens with one attached hydrogen (secondary N) is 1. The molecule has 0 unspecified atom stereocenters. The lowest BCUT2D eigenvalue weighted by molar-refractivity contribution is -0.142. The first-order valence-electron chi connectivity index (χ1n) is 6.10. The number of hydrogen-bond acceptors (Lipinski definition) is 6. The van der Waals surface area contributed by atoms with Crippen molar-refractivity contribution in [3.63, 3.8) is 0 Å². The van der Waals surface area contributed by atoms with E-state index in [0.717, 1.165) is 30.3 Å². The Morgan fingerprint density at radius 2 is 2.33 bits per heavy atom. The fraction of sp³-hybridized carbons (Fsp3) is 0.667. The second-order valence-electron chi connectivity index (χ2n) is 4.21. The Bertz CT molecular complexity index is 366. The number of carbonyl (C=O) groups is 1. The van der Waals surface area contributed by atoms with Gasteiger partial charge in [-0.1, -0.05) is 0 Å². The summed E-state index contributed by atoms with van der Waals surface area (Å²) in [5.74, 6) is -0.220. The molecule has 0 amide bonds. The van der Waals surface area contributed by atoms with Crippen LogP contribution in [-0.4, -0.2) is 49.6 Å². The highest BCUT2D eigenvalue weighted by Gasteiger charge is 2.07. The van der Waals surface area contributed by atoms with Gasteiger partial charge in [0.25, 0.3) is 0 Å². The Hall–Kier alpha value is -1.14. The maximum absolute atomic E-state index is 11.3. The van der Waals surface area contributed by atoms with Crippen molar-refractivity contribution >= 4 is 22.4 Å². The number of thiazole rings is 1. The van der Waals surface area contributed by atoms with Crippen LogP contribution >= 0.6 is 11.3 Å². The maximum atomic E-state index is 11.3. The third-order valence-corrected chi connectivity index (χ3v) is 3.09. The fourth-order valence-corrected chi connectivity index (χ4v) is 2.16. The zero-order chi connectivity index (χ0) is 13.4. The summed E-state index contributed by atoms with van der Waals surface area (Å²) in [5, 5.41) is 6.02. The van der Waals surface area contributed by atoms with Crippen molar-refractivity contribution in [2.75, 3.05) is 39.1 Å². The Morgan fingerprint density at radius 1 is 1.56 bits per heavy atom. The predicted molar refractivity (Wildman–Crippen MR) is 74.1 cm³/mol. The van der Waals surface area contributed by atoms with Crippen molar-refractivity contribution in [1.82, 2.24) is 9.88 Å². The summed E-state index contributed by atoms with van der Waals surface area (Å²) in [6, 6.07) is 0. The highest BCUT2D eigenvalue weighted by Crippen LogP contribution is 2.15. The lowest BCUT2D eigenvalue weighted by Crippen LogP contribution is -2.16. The van der Waals surface area contributed by atoms with Crippen LogP contribution in [0, 0.1) is 0 Å². The molecule has 1 heterocycles. The van der Waals surface area contributed by atoms with Crippen LogP contribution in [0.1, 0.15) is 19.0 Å². The minimum Gasteiger partial charge on any atom is -0.466 e. The van der Waals surface area contributed by atoms with Crippen molar-refractivity contribution < 1.29 is 9.53 Å². The Balaban J connectivity index is 2.27. The van der Waals surface area contributed by atoms with E-state index >= 15 is 0 Å². The largest absolute Gasteiger partial charge is 0.466 e. The molecule has 0 bridgehead atoms. The molecule has 18 heavy (non-hydrogen) atoms. The first kappa shape index (κ1) is 14.9. The molecule has 0 fully saturated rings. The molecule has 102 valence electrons. The molecule has 5 nitrogen and oxygen atoms in total. The third-order valence-electron chi connectivity index (χ3n) is 2.24. The molecule has 1 N–H and O–H groups in total. The smallest absolute Gasteiger partial charge is 0.311 e. The second-order valence-corrected chi connectivity index (χ2v) is 5.07. The molecule has 1 aromatic rings. The minimum atomic E-state index is -0.220. The van der Waals surface area contributed by atoms with E-state index in [4.69, 9.17) is 4.74 Å². The minimum absolute atomic E-state index is 0.220. The molecule has 0 radical (unpaired) electrons. The van der Waals surface area contributed by atoms with Crippen LogP contribution in [0.3, 0.4) is 0 Å². The molecule has 1 rings (SSSR count). The number of nitrogens with zero attached hydrogens (tertiary/aromatic N) is 2. The predicted octanol–water partition coefficient (Wildman–Crippen LogP) is 1.61. The number of carbonyl (C=O) groups excluding carboxylic acids is 1. The first-order chi connectivity index (χ1) is 8.61. The normalized spacial score (nSPS) is 10.7. The van der Waals surface area contributed by atoms with E-state index in [-0.39, 0.29) is 12.4 Å². The van der Waals surface area contributed by atoms with Gasteiger partial charge in [-0.25, -0.2) is 4.98 Å². The molecule has 0 saturated heterocycles. The van der Waals surface area contributed by atoms with E-state index in [9.17, 15) is 4.79 Å². The van der Waals surface area contributed by atoms with Gasteiger partial charge in [-0.3, -0.25) is 4.79 Å². The van der Waals surface area contributed by atoms with Crippen LogP contribution in [0.25, 0.3) is 0 Å². The molecule has 0 aliphatic carbocycles. The van der Waals surface area contributed by atoms with Gasteiger partial charge >= 0.3 is 5.97 Å². The number of aromatic nitrogens is 1. The van der Waals surface area contributed by atoms with E-state index < -0.39 is 0 Å². The standard InChI is InChI=1S/C12H21N3O2S/c1-4-17-11(16)8-10-9-18-12(14-10)13-6-5-7-15(2)3/h9H,4-8H2,1-3H3,(H,13,14). The van der Waals surface area contributed by atoms with Crippen molar-refractivity contribution in [2.45, 2.75) is 19.8 Å². The number of esters is 1. The van der Waals surface area contributed by atoms with E-state index in [1.54, 1.807) is 6.92 Å². The van der Waals surface area contributed by atoms with Gasteiger partial charge in [0.2, 0.25) is 0 Å². The zero-order valence-corrected chi connectivity index (χ0v) is 12.0. The van der Waals surface area contributed by atoms with Gasteiger partial charge in [-0.05, 0) is 34.0 Å². The van der Waals surface area contributed by atoms with Gasteiger partial charge in [0.15, 0.2) is 5.13 Å². The van der Waals surface area contributed by atoms with Crippen LogP contribution in [0.15, 0.2) is 5.38 Å². The maximum Gasteiger partial charge on any atom is 0.311 e. The molecular weight excluding hydrogens is 250 g/mol. The second kappa shape index (κ2) is 8.05. The molecular formula is C12H21N3O2S. The molecule has 0 aliphatic heterocycles. The summed E-state index contributed by atoms with van der Waals surface area (Å²) in [7, 11) is 4.11. The van der Waals surface area contributed by atoms with Gasteiger partial charge < -0.3 is 15.0 Å². The molecule has 0 atom stereocenters. The molecule has 0 saturated carbocycles. The van der Waals surface area contributed by atoms with Crippen LogP contribution in [0.4, 0.5) is 5.13 Å². The summed E-state index contributed by atoms with van der Waals surface area (Å²) >= 11 is 1.52. The van der Waals surface area contributed by atoms with E-state index in [1.165, 1.54) is 11.3 Å². The topological polar surface area (TPSA) is 54.5 Å². The average molecular weight is 271 g/mol. The quantitative estimate of drug-likeness (QED) is 0.575. The summed E-state index contributed by atoms with van der Waals surface area (Å²) in [6.45, 7) is 4.16. The van der Waals surface area contributed by atoms with E-state index in [2.05, 4.69) is 29.3 Å². The Labute approximate surface area is 112 Å². The van der Waals surface area contributed by atoms with Gasteiger partial charge in [-0.15, -0.1) is 11.3 Å². The first-order valence-corrected chi connectivity index (χ1v) is 6.98. The van der Waals surface area contributed by atoms with Crippen molar-refractivity contribution in [3.8, 4) is 0 Å². The zero-order valence-electron chi connectivity index (χ0n) is 11.2. The highest BCUT2D eigenvalue weighted by molar-refractivity contribution is 7.13. The fourth-order valence-electron chi connectivity index (χ4n) is 1.42. The Morgan fingerprint density at radius 3 is 3.00 bits per heavy atom. The van der Waals surface area contributed by atoms with Gasteiger partial charge in [0.1, 0.15) is 0 Å². The monoisotopic (exact) mass is 271 g/mol. The Kier molecular flexibility index (Phi) is 6.67. The number of ether oxygens (including phenoxy) is 1. The van der Waals surface area contributed by atoms with Crippen LogP contribution in [0.2, 0.25) is 0 Å². The van der Waals surface area contributed by atoms with Crippen molar-refractivity contribution in [1.29, 1.82) is 0 Å². The van der Waals surface area contributed by atoms with Gasteiger partial charge in [0, 0.05) is 11.9 Å². The lowest BCUT2D eigenvalue weighted by atomic mass is 10.3. The van der Waals surface area contributed by atoms with Gasteiger partial charge in [-0.2, -0.15) is 0 Å². The van der Waals surface area contributed by atoms with E-state index in [1.807, 2.05) is 5.38 Å². The number of anilines is 1. The summed E-state index contributed by atoms with van der Waals surface area (Å²) in [5.41, 5.74) is 0.772. The number of hydrogen-bond donors (Lipinski definition) is 1. The van der Waals surface area contributed by atoms with Gasteiger partial charge in [0.05, 0.1) is 18.7 Å². The molecule has 0 aliphatic rings. The molecule has 1 aromatic heterocycles. The van der Waals surface area contributed by atoms with Crippen LogP contribution < -0.4 is 5.32 Å². The summed E-state index contributed by atoms with van der Waals surface area (Å²) < 4.78 is 4.88. The van der Waals surface area contributed by atoms with Crippen molar-refractivity contribution in [2.24, 2.45) is 0 Å². The third kappa shape index (κ3) is 5.97. The molecule has 6 heteroatoms. The van der Waals surface area contributed by atoms with E-state index in [0.29, 0.717) is 6.61 Å². The average Bonchev–Trinajstić information content (AvgIpc) is 2.72. The lowest BCUT2D eigenvalue weighted by Gasteiger charge is -2.08. The molecule has 0 spiro atoms. The summed E-state index contributed by atoms with van der Waals surface area (Å²) in [6.07, 6.45) is 1.32. The van der Waals surface area contributed by atoms with Crippen LogP contribution in [0.5, 0.6) is 0 Å².